The lowest BCUT2D eigenvalue weighted by Gasteiger charge is -2.10. The molecule has 94 valence electrons. The van der Waals surface area contributed by atoms with Crippen molar-refractivity contribution in [3.8, 4) is 0 Å². The first-order valence-electron chi connectivity index (χ1n) is 5.97. The minimum Gasteiger partial charge on any atom is -0.377 e. The lowest BCUT2D eigenvalue weighted by atomic mass is 10.1. The van der Waals surface area contributed by atoms with Gasteiger partial charge in [-0.05, 0) is 18.4 Å². The molecule has 2 N–H and O–H groups in total. The fourth-order valence-corrected chi connectivity index (χ4v) is 3.06. The fourth-order valence-electron chi connectivity index (χ4n) is 1.98. The number of benzene rings is 1. The molecular weight excluding hydrogens is 237 g/mol. The summed E-state index contributed by atoms with van der Waals surface area (Å²) in [6, 6.07) is 5.44. The highest BCUT2D eigenvalue weighted by molar-refractivity contribution is 7.98. The zero-order valence-electron chi connectivity index (χ0n) is 9.82. The minimum atomic E-state index is -0.144. The van der Waals surface area contributed by atoms with E-state index in [9.17, 15) is 4.39 Å². The van der Waals surface area contributed by atoms with Gasteiger partial charge in [0.05, 0.1) is 6.10 Å². The summed E-state index contributed by atoms with van der Waals surface area (Å²) in [4.78, 5) is 0. The van der Waals surface area contributed by atoms with E-state index < -0.39 is 0 Å². The molecule has 1 aromatic carbocycles. The molecule has 0 saturated carbocycles. The number of rotatable bonds is 5. The summed E-state index contributed by atoms with van der Waals surface area (Å²) in [6.45, 7) is 1.14. The molecule has 1 aliphatic rings. The lowest BCUT2D eigenvalue weighted by molar-refractivity contribution is 0.129. The number of halogens is 1. The molecule has 1 fully saturated rings. The van der Waals surface area contributed by atoms with E-state index in [0.29, 0.717) is 17.4 Å². The summed E-state index contributed by atoms with van der Waals surface area (Å²) in [5, 5.41) is 0. The van der Waals surface area contributed by atoms with E-state index >= 15 is 0 Å². The van der Waals surface area contributed by atoms with Crippen molar-refractivity contribution in [1.82, 2.24) is 0 Å². The van der Waals surface area contributed by atoms with Gasteiger partial charge in [0.25, 0.3) is 0 Å². The second-order valence-corrected chi connectivity index (χ2v) is 5.27. The maximum absolute atomic E-state index is 13.8. The van der Waals surface area contributed by atoms with Gasteiger partial charge in [-0.2, -0.15) is 11.8 Å². The number of ether oxygens (including phenoxy) is 1. The van der Waals surface area contributed by atoms with Gasteiger partial charge in [-0.25, -0.2) is 4.39 Å². The zero-order chi connectivity index (χ0) is 12.1. The van der Waals surface area contributed by atoms with Crippen LogP contribution in [-0.4, -0.2) is 18.5 Å². The van der Waals surface area contributed by atoms with E-state index in [4.69, 9.17) is 10.5 Å². The van der Waals surface area contributed by atoms with Crippen LogP contribution in [0.5, 0.6) is 0 Å². The Morgan fingerprint density at radius 3 is 2.94 bits per heavy atom. The molecule has 4 heteroatoms. The second-order valence-electron chi connectivity index (χ2n) is 4.24. The molecule has 0 aliphatic carbocycles. The maximum atomic E-state index is 13.8. The summed E-state index contributed by atoms with van der Waals surface area (Å²) >= 11 is 1.73. The highest BCUT2D eigenvalue weighted by Crippen LogP contribution is 2.22. The van der Waals surface area contributed by atoms with E-state index in [1.54, 1.807) is 17.8 Å². The van der Waals surface area contributed by atoms with Gasteiger partial charge in [0, 0.05) is 30.2 Å². The normalized spacial score (nSPS) is 19.8. The van der Waals surface area contributed by atoms with E-state index in [1.165, 1.54) is 0 Å². The van der Waals surface area contributed by atoms with Crippen molar-refractivity contribution in [1.29, 1.82) is 0 Å². The van der Waals surface area contributed by atoms with E-state index in [0.717, 1.165) is 30.8 Å². The quantitative estimate of drug-likeness (QED) is 0.878. The predicted octanol–water partition coefficient (Wildman–Crippen LogP) is 2.70. The van der Waals surface area contributed by atoms with Gasteiger partial charge in [-0.3, -0.25) is 0 Å². The third-order valence-corrected chi connectivity index (χ3v) is 4.09. The first kappa shape index (κ1) is 12.9. The van der Waals surface area contributed by atoms with Crippen molar-refractivity contribution >= 4 is 11.8 Å². The van der Waals surface area contributed by atoms with Crippen LogP contribution in [0.4, 0.5) is 4.39 Å². The van der Waals surface area contributed by atoms with E-state index in [-0.39, 0.29) is 12.4 Å². The average Bonchev–Trinajstić information content (AvgIpc) is 2.84. The highest BCUT2D eigenvalue weighted by atomic mass is 32.2. The molecule has 0 radical (unpaired) electrons. The van der Waals surface area contributed by atoms with Crippen LogP contribution in [0, 0.1) is 5.82 Å². The fraction of sp³-hybridized carbons (Fsp3) is 0.538. The smallest absolute Gasteiger partial charge is 0.131 e. The predicted molar refractivity (Wildman–Crippen MR) is 69.4 cm³/mol. The zero-order valence-corrected chi connectivity index (χ0v) is 10.6. The van der Waals surface area contributed by atoms with Crippen LogP contribution in [0.2, 0.25) is 0 Å². The topological polar surface area (TPSA) is 35.2 Å². The summed E-state index contributed by atoms with van der Waals surface area (Å²) in [5.74, 6) is 1.50. The van der Waals surface area contributed by atoms with Crippen LogP contribution in [-0.2, 0) is 17.0 Å². The van der Waals surface area contributed by atoms with Crippen LogP contribution >= 0.6 is 11.8 Å². The Bertz CT molecular complexity index is 366. The molecule has 1 atom stereocenters. The highest BCUT2D eigenvalue weighted by Gasteiger charge is 2.15. The van der Waals surface area contributed by atoms with Crippen molar-refractivity contribution in [2.75, 3.05) is 12.4 Å². The van der Waals surface area contributed by atoms with Crippen LogP contribution in [0.25, 0.3) is 0 Å². The van der Waals surface area contributed by atoms with Crippen molar-refractivity contribution < 1.29 is 9.13 Å². The maximum Gasteiger partial charge on any atom is 0.131 e. The van der Waals surface area contributed by atoms with Gasteiger partial charge in [-0.15, -0.1) is 0 Å². The van der Waals surface area contributed by atoms with Crippen molar-refractivity contribution in [3.63, 3.8) is 0 Å². The van der Waals surface area contributed by atoms with Gasteiger partial charge >= 0.3 is 0 Å². The van der Waals surface area contributed by atoms with Crippen LogP contribution in [0.3, 0.4) is 0 Å². The Morgan fingerprint density at radius 2 is 2.24 bits per heavy atom. The van der Waals surface area contributed by atoms with Gasteiger partial charge in [0.15, 0.2) is 0 Å². The summed E-state index contributed by atoms with van der Waals surface area (Å²) in [5.41, 5.74) is 6.82. The lowest BCUT2D eigenvalue weighted by Crippen LogP contribution is -2.08. The first-order valence-corrected chi connectivity index (χ1v) is 7.12. The number of nitrogens with two attached hydrogens (primary N) is 1. The standard InChI is InChI=1S/C13H18FNOS/c14-13-10(7-15)3-1-4-11(13)8-17-9-12-5-2-6-16-12/h1,3-4,12H,2,5-9,15H2. The van der Waals surface area contributed by atoms with Crippen LogP contribution in [0.1, 0.15) is 24.0 Å². The molecule has 2 rings (SSSR count). The molecule has 17 heavy (non-hydrogen) atoms. The van der Waals surface area contributed by atoms with Gasteiger partial charge in [0.2, 0.25) is 0 Å². The van der Waals surface area contributed by atoms with Crippen molar-refractivity contribution in [2.45, 2.75) is 31.2 Å². The Hall–Kier alpha value is -0.580. The van der Waals surface area contributed by atoms with Crippen LogP contribution in [0.15, 0.2) is 18.2 Å². The third-order valence-electron chi connectivity index (χ3n) is 2.96. The van der Waals surface area contributed by atoms with Gasteiger partial charge in [0.1, 0.15) is 5.82 Å². The molecule has 0 aromatic heterocycles. The van der Waals surface area contributed by atoms with E-state index in [2.05, 4.69) is 0 Å². The average molecular weight is 255 g/mol. The van der Waals surface area contributed by atoms with Crippen molar-refractivity contribution in [2.24, 2.45) is 5.73 Å². The molecule has 1 aromatic rings. The molecular formula is C13H18FNOS. The Balaban J connectivity index is 1.85. The molecule has 0 bridgehead atoms. The monoisotopic (exact) mass is 255 g/mol. The number of thioether (sulfide) groups is 1. The molecule has 0 spiro atoms. The number of hydrogen-bond acceptors (Lipinski definition) is 3. The number of hydrogen-bond donors (Lipinski definition) is 1. The Morgan fingerprint density at radius 1 is 1.41 bits per heavy atom. The second kappa shape index (κ2) is 6.38. The van der Waals surface area contributed by atoms with Crippen LogP contribution < -0.4 is 5.73 Å². The van der Waals surface area contributed by atoms with E-state index in [1.807, 2.05) is 12.1 Å². The first-order chi connectivity index (χ1) is 8.31. The Kier molecular flexibility index (Phi) is 4.83. The molecule has 0 amide bonds. The molecule has 1 heterocycles. The van der Waals surface area contributed by atoms with Crippen molar-refractivity contribution in [3.05, 3.63) is 35.1 Å². The minimum absolute atomic E-state index is 0.144. The molecule has 1 unspecified atom stereocenters. The largest absolute Gasteiger partial charge is 0.377 e. The Labute approximate surface area is 106 Å². The summed E-state index contributed by atoms with van der Waals surface area (Å²) < 4.78 is 19.4. The SMILES string of the molecule is NCc1cccc(CSCC2CCCO2)c1F. The molecule has 2 nitrogen and oxygen atoms in total. The van der Waals surface area contributed by atoms with Gasteiger partial charge in [-0.1, -0.05) is 18.2 Å². The summed E-state index contributed by atoms with van der Waals surface area (Å²) in [6.07, 6.45) is 2.65. The molecule has 1 saturated heterocycles. The van der Waals surface area contributed by atoms with Gasteiger partial charge < -0.3 is 10.5 Å². The third kappa shape index (κ3) is 3.44. The molecule has 1 aliphatic heterocycles. The summed E-state index contributed by atoms with van der Waals surface area (Å²) in [7, 11) is 0.